The second kappa shape index (κ2) is 13.2. The summed E-state index contributed by atoms with van der Waals surface area (Å²) in [6.07, 6.45) is -3.18. The molecule has 3 aromatic rings. The van der Waals surface area contributed by atoms with E-state index in [2.05, 4.69) is 30.1 Å². The van der Waals surface area contributed by atoms with Gasteiger partial charge in [-0.15, -0.1) is 0 Å². The fourth-order valence-corrected chi connectivity index (χ4v) is 6.28. The quantitative estimate of drug-likeness (QED) is 0.0821. The maximum absolute atomic E-state index is 14.0. The zero-order valence-electron chi connectivity index (χ0n) is 24.2. The highest BCUT2D eigenvalue weighted by Crippen LogP contribution is 2.50. The van der Waals surface area contributed by atoms with Crippen molar-refractivity contribution in [1.82, 2.24) is 24.6 Å². The third-order valence-corrected chi connectivity index (χ3v) is 8.62. The Morgan fingerprint density at radius 2 is 2.07 bits per heavy atom. The monoisotopic (exact) mass is 619 g/mol. The van der Waals surface area contributed by atoms with E-state index in [1.54, 1.807) is 38.1 Å². The number of hydrogen-bond donors (Lipinski definition) is 3. The number of ether oxygens (including phenoxy) is 3. The summed E-state index contributed by atoms with van der Waals surface area (Å²) in [7, 11) is -2.87. The molecular formula is C25H34N9O8P. The number of nitrogens with two attached hydrogens (primary N) is 1. The van der Waals surface area contributed by atoms with Crippen molar-refractivity contribution in [3.8, 4) is 5.88 Å². The molecule has 1 aliphatic rings. The third kappa shape index (κ3) is 6.73. The van der Waals surface area contributed by atoms with Crippen LogP contribution in [-0.4, -0.2) is 74.7 Å². The highest BCUT2D eigenvalue weighted by Gasteiger charge is 2.55. The van der Waals surface area contributed by atoms with Gasteiger partial charge in [-0.25, -0.2) is 14.6 Å². The van der Waals surface area contributed by atoms with Crippen LogP contribution in [0.5, 0.6) is 5.88 Å². The number of anilines is 1. The fourth-order valence-electron chi connectivity index (χ4n) is 4.62. The summed E-state index contributed by atoms with van der Waals surface area (Å²) in [5, 5.41) is 17.8. The minimum atomic E-state index is -4.27. The van der Waals surface area contributed by atoms with E-state index in [1.165, 1.54) is 31.9 Å². The number of aromatic nitrogens is 4. The molecule has 43 heavy (non-hydrogen) atoms. The molecular weight excluding hydrogens is 585 g/mol. The molecule has 2 aromatic heterocycles. The first-order valence-corrected chi connectivity index (χ1v) is 14.9. The molecule has 0 aliphatic carbocycles. The standard InChI is InChI=1S/C25H34N9O8P/c1-6-39-22(36)14(2)31-43(37,42-15(3)16-10-8-7-9-11-16)40-12-17-19(35)25(4,32-33-27)23(41-17)34-13-28-18-20(34)29-24(26)30-21(18)38-5/h7-11,13-15,17,19,23,35H,6,12H2,1-5H3,(H,31,37)(H2,26,29,30)/t14-,15-,17+,19+,23+,25+,43?/m0/s1. The van der Waals surface area contributed by atoms with E-state index >= 15 is 0 Å². The number of carbonyl (C=O) groups is 1. The number of imidazole rings is 1. The van der Waals surface area contributed by atoms with Crippen LogP contribution in [0.3, 0.4) is 0 Å². The maximum atomic E-state index is 14.0. The average Bonchev–Trinajstić information content (AvgIpc) is 3.50. The van der Waals surface area contributed by atoms with Crippen molar-refractivity contribution in [2.45, 2.75) is 63.8 Å². The first kappa shape index (κ1) is 32.1. The molecule has 4 N–H and O–H groups in total. The smallest absolute Gasteiger partial charge is 0.406 e. The summed E-state index contributed by atoms with van der Waals surface area (Å²) in [6.45, 7) is 5.86. The number of aliphatic hydroxyl groups excluding tert-OH is 1. The lowest BCUT2D eigenvalue weighted by Gasteiger charge is -2.28. The topological polar surface area (TPSA) is 231 Å². The molecule has 1 saturated heterocycles. The minimum Gasteiger partial charge on any atom is -0.479 e. The molecule has 1 fully saturated rings. The molecule has 0 saturated carbocycles. The second-order valence-electron chi connectivity index (χ2n) is 9.86. The van der Waals surface area contributed by atoms with Crippen molar-refractivity contribution in [2.24, 2.45) is 5.11 Å². The molecule has 18 heteroatoms. The highest BCUT2D eigenvalue weighted by molar-refractivity contribution is 7.51. The molecule has 17 nitrogen and oxygen atoms in total. The number of methoxy groups -OCH3 is 1. The van der Waals surface area contributed by atoms with E-state index in [9.17, 15) is 20.0 Å². The number of azide groups is 1. The van der Waals surface area contributed by atoms with Crippen LogP contribution in [0.15, 0.2) is 41.8 Å². The Hall–Kier alpha value is -3.82. The van der Waals surface area contributed by atoms with Crippen molar-refractivity contribution < 1.29 is 37.7 Å². The van der Waals surface area contributed by atoms with Gasteiger partial charge in [0, 0.05) is 4.91 Å². The highest BCUT2D eigenvalue weighted by atomic mass is 31.2. The van der Waals surface area contributed by atoms with E-state index in [0.717, 1.165) is 0 Å². The van der Waals surface area contributed by atoms with Gasteiger partial charge in [0.15, 0.2) is 17.4 Å². The zero-order chi connectivity index (χ0) is 31.4. The molecule has 1 aromatic carbocycles. The van der Waals surface area contributed by atoms with Crippen LogP contribution in [0, 0.1) is 0 Å². The van der Waals surface area contributed by atoms with Gasteiger partial charge in [-0.05, 0) is 38.8 Å². The van der Waals surface area contributed by atoms with Gasteiger partial charge in [0.2, 0.25) is 11.8 Å². The summed E-state index contributed by atoms with van der Waals surface area (Å²) in [4.78, 5) is 27.7. The molecule has 4 rings (SSSR count). The van der Waals surface area contributed by atoms with Gasteiger partial charge in [-0.3, -0.25) is 18.4 Å². The van der Waals surface area contributed by atoms with E-state index in [1.807, 2.05) is 6.07 Å². The van der Waals surface area contributed by atoms with Gasteiger partial charge >= 0.3 is 13.7 Å². The molecule has 0 amide bonds. The Kier molecular flexibility index (Phi) is 9.87. The molecule has 3 heterocycles. The summed E-state index contributed by atoms with van der Waals surface area (Å²) in [6, 6.07) is 7.91. The normalized spacial score (nSPS) is 24.6. The molecule has 0 bridgehead atoms. The molecule has 232 valence electrons. The third-order valence-electron chi connectivity index (χ3n) is 6.83. The fraction of sp³-hybridized carbons (Fsp3) is 0.520. The number of esters is 1. The van der Waals surface area contributed by atoms with Crippen molar-refractivity contribution in [2.75, 3.05) is 26.1 Å². The van der Waals surface area contributed by atoms with Crippen LogP contribution in [0.2, 0.25) is 0 Å². The number of nitrogens with one attached hydrogen (secondary N) is 1. The average molecular weight is 620 g/mol. The summed E-state index contributed by atoms with van der Waals surface area (Å²) in [5.74, 6) is -0.667. The zero-order valence-corrected chi connectivity index (χ0v) is 25.1. The Morgan fingerprint density at radius 3 is 2.72 bits per heavy atom. The summed E-state index contributed by atoms with van der Waals surface area (Å²) >= 11 is 0. The van der Waals surface area contributed by atoms with Gasteiger partial charge < -0.3 is 25.1 Å². The van der Waals surface area contributed by atoms with Crippen LogP contribution in [-0.2, 0) is 27.9 Å². The lowest BCUT2D eigenvalue weighted by Crippen LogP contribution is -2.43. The number of rotatable bonds is 13. The molecule has 0 spiro atoms. The number of hydrogen-bond acceptors (Lipinski definition) is 13. The maximum Gasteiger partial charge on any atom is 0.406 e. The number of aliphatic hydroxyl groups is 1. The molecule has 7 atom stereocenters. The van der Waals surface area contributed by atoms with Crippen molar-refractivity contribution >= 4 is 30.8 Å². The number of nitrogen functional groups attached to an aromatic ring is 1. The van der Waals surface area contributed by atoms with E-state index in [-0.39, 0.29) is 29.6 Å². The number of benzene rings is 1. The van der Waals surface area contributed by atoms with Crippen LogP contribution in [0.1, 0.15) is 45.6 Å². The Morgan fingerprint density at radius 1 is 1.35 bits per heavy atom. The van der Waals surface area contributed by atoms with Gasteiger partial charge in [0.1, 0.15) is 17.7 Å². The number of nitrogens with zero attached hydrogens (tertiary/aromatic N) is 7. The van der Waals surface area contributed by atoms with Crippen molar-refractivity contribution in [1.29, 1.82) is 0 Å². The molecule has 1 aliphatic heterocycles. The Bertz CT molecular complexity index is 1540. The van der Waals surface area contributed by atoms with Crippen LogP contribution in [0.4, 0.5) is 5.95 Å². The van der Waals surface area contributed by atoms with E-state index in [4.69, 9.17) is 29.0 Å². The van der Waals surface area contributed by atoms with Crippen molar-refractivity contribution in [3.63, 3.8) is 0 Å². The second-order valence-corrected chi connectivity index (χ2v) is 11.6. The minimum absolute atomic E-state index is 0.109. The van der Waals surface area contributed by atoms with E-state index < -0.39 is 56.4 Å². The molecule has 1 unspecified atom stereocenters. The van der Waals surface area contributed by atoms with Crippen LogP contribution in [0.25, 0.3) is 21.6 Å². The Labute approximate surface area is 246 Å². The van der Waals surface area contributed by atoms with Gasteiger partial charge in [-0.2, -0.15) is 9.97 Å². The molecule has 0 radical (unpaired) electrons. The number of fused-ring (bicyclic) bond motifs is 1. The Balaban J connectivity index is 1.62. The summed E-state index contributed by atoms with van der Waals surface area (Å²) in [5.41, 5.74) is 14.7. The first-order chi connectivity index (χ1) is 20.5. The lowest BCUT2D eigenvalue weighted by molar-refractivity contribution is -0.144. The first-order valence-electron chi connectivity index (χ1n) is 13.3. The largest absolute Gasteiger partial charge is 0.479 e. The predicted octanol–water partition coefficient (Wildman–Crippen LogP) is 3.19. The van der Waals surface area contributed by atoms with Gasteiger partial charge in [0.25, 0.3) is 0 Å². The van der Waals surface area contributed by atoms with Gasteiger partial charge in [0.05, 0.1) is 38.9 Å². The summed E-state index contributed by atoms with van der Waals surface area (Å²) < 4.78 is 43.4. The SMILES string of the molecule is CCOC(=O)[C@H](C)NP(=O)(OC[C@H]1O[C@@H](n2cnc3c(OC)nc(N)nc32)[C@](C)(N=[N+]=[N-])[C@@H]1O)O[C@@H](C)c1ccccc1. The van der Waals surface area contributed by atoms with Crippen molar-refractivity contribution in [3.05, 3.63) is 52.7 Å². The van der Waals surface area contributed by atoms with E-state index in [0.29, 0.717) is 5.56 Å². The van der Waals surface area contributed by atoms with Crippen LogP contribution < -0.4 is 15.6 Å². The number of carbonyl (C=O) groups excluding carboxylic acids is 1. The lowest BCUT2D eigenvalue weighted by atomic mass is 9.93. The van der Waals surface area contributed by atoms with Gasteiger partial charge in [-0.1, -0.05) is 35.4 Å². The predicted molar refractivity (Wildman–Crippen MR) is 152 cm³/mol. The van der Waals surface area contributed by atoms with Crippen LogP contribution >= 0.6 is 7.75 Å².